The molecule has 0 radical (unpaired) electrons. The summed E-state index contributed by atoms with van der Waals surface area (Å²) < 4.78 is 2.16. The summed E-state index contributed by atoms with van der Waals surface area (Å²) in [5, 5.41) is 1.05. The summed E-state index contributed by atoms with van der Waals surface area (Å²) in [6, 6.07) is 18.2. The van der Waals surface area contributed by atoms with Gasteiger partial charge >= 0.3 is 0 Å². The third-order valence-corrected chi connectivity index (χ3v) is 5.31. The molecule has 128 valence electrons. The first-order chi connectivity index (χ1) is 12.7. The van der Waals surface area contributed by atoms with Gasteiger partial charge in [-0.1, -0.05) is 18.2 Å². The Kier molecular flexibility index (Phi) is 3.25. The van der Waals surface area contributed by atoms with Gasteiger partial charge in [0.1, 0.15) is 0 Å². The van der Waals surface area contributed by atoms with Crippen molar-refractivity contribution in [3.05, 3.63) is 89.4 Å². The minimum absolute atomic E-state index is 0.0391. The molecule has 0 saturated heterocycles. The Hall–Kier alpha value is -3.27. The SMILES string of the molecule is Cn1ccc2c1Cc1ccccc1N(C(=O)c1ccc3[nH]ccc3c1)C2. The van der Waals surface area contributed by atoms with E-state index < -0.39 is 0 Å². The molecule has 0 bridgehead atoms. The van der Waals surface area contributed by atoms with Crippen LogP contribution in [0.5, 0.6) is 0 Å². The first kappa shape index (κ1) is 15.0. The number of fused-ring (bicyclic) bond motifs is 3. The molecular formula is C22H19N3O. The van der Waals surface area contributed by atoms with Crippen molar-refractivity contribution in [3.8, 4) is 0 Å². The number of rotatable bonds is 1. The van der Waals surface area contributed by atoms with Crippen LogP contribution in [0.3, 0.4) is 0 Å². The lowest BCUT2D eigenvalue weighted by molar-refractivity contribution is 0.0985. The number of benzene rings is 2. The van der Waals surface area contributed by atoms with E-state index in [1.54, 1.807) is 0 Å². The number of aryl methyl sites for hydroxylation is 1. The Balaban J connectivity index is 1.63. The van der Waals surface area contributed by atoms with Gasteiger partial charge in [0.05, 0.1) is 6.54 Å². The predicted molar refractivity (Wildman–Crippen MR) is 103 cm³/mol. The number of carbonyl (C=O) groups is 1. The van der Waals surface area contributed by atoms with E-state index in [9.17, 15) is 4.79 Å². The molecule has 0 spiro atoms. The van der Waals surface area contributed by atoms with Gasteiger partial charge in [-0.3, -0.25) is 4.79 Å². The number of aromatic nitrogens is 2. The fourth-order valence-corrected chi connectivity index (χ4v) is 3.88. The largest absolute Gasteiger partial charge is 0.361 e. The molecule has 0 fully saturated rings. The van der Waals surface area contributed by atoms with E-state index >= 15 is 0 Å². The molecular weight excluding hydrogens is 322 g/mol. The van der Waals surface area contributed by atoms with Gasteiger partial charge in [-0.25, -0.2) is 0 Å². The molecule has 0 unspecified atom stereocenters. The van der Waals surface area contributed by atoms with Crippen LogP contribution >= 0.6 is 0 Å². The maximum absolute atomic E-state index is 13.4. The lowest BCUT2D eigenvalue weighted by atomic mass is 10.1. The second-order valence-corrected chi connectivity index (χ2v) is 6.88. The summed E-state index contributed by atoms with van der Waals surface area (Å²) in [5.74, 6) is 0.0391. The average Bonchev–Trinajstić information content (AvgIpc) is 3.22. The number of aromatic amines is 1. The van der Waals surface area contributed by atoms with Crippen LogP contribution in [0, 0.1) is 0 Å². The number of para-hydroxylation sites is 1. The van der Waals surface area contributed by atoms with Gasteiger partial charge in [-0.2, -0.15) is 0 Å². The Bertz CT molecular complexity index is 1140. The molecule has 1 aliphatic rings. The van der Waals surface area contributed by atoms with Crippen LogP contribution in [-0.4, -0.2) is 15.5 Å². The van der Waals surface area contributed by atoms with Crippen molar-refractivity contribution >= 4 is 22.5 Å². The smallest absolute Gasteiger partial charge is 0.258 e. The van der Waals surface area contributed by atoms with E-state index in [1.807, 2.05) is 53.6 Å². The third kappa shape index (κ3) is 2.26. The minimum Gasteiger partial charge on any atom is -0.361 e. The van der Waals surface area contributed by atoms with Crippen molar-refractivity contribution in [1.29, 1.82) is 0 Å². The molecule has 3 heterocycles. The van der Waals surface area contributed by atoms with E-state index in [2.05, 4.69) is 34.9 Å². The van der Waals surface area contributed by atoms with Crippen LogP contribution < -0.4 is 4.90 Å². The summed E-state index contributed by atoms with van der Waals surface area (Å²) in [6.07, 6.45) is 4.82. The first-order valence-corrected chi connectivity index (χ1v) is 8.81. The Morgan fingerprint density at radius 3 is 2.85 bits per heavy atom. The summed E-state index contributed by atoms with van der Waals surface area (Å²) in [5.41, 5.74) is 6.43. The molecule has 1 N–H and O–H groups in total. The van der Waals surface area contributed by atoms with Crippen LogP contribution in [0.4, 0.5) is 5.69 Å². The molecule has 4 nitrogen and oxygen atoms in total. The number of amides is 1. The van der Waals surface area contributed by atoms with Gasteiger partial charge < -0.3 is 14.5 Å². The maximum atomic E-state index is 13.4. The summed E-state index contributed by atoms with van der Waals surface area (Å²) in [4.78, 5) is 18.5. The second-order valence-electron chi connectivity index (χ2n) is 6.88. The summed E-state index contributed by atoms with van der Waals surface area (Å²) in [7, 11) is 2.07. The van der Waals surface area contributed by atoms with Crippen molar-refractivity contribution < 1.29 is 4.79 Å². The van der Waals surface area contributed by atoms with Gasteiger partial charge in [0, 0.05) is 53.7 Å². The normalized spacial score (nSPS) is 13.3. The Labute approximate surface area is 151 Å². The van der Waals surface area contributed by atoms with Crippen LogP contribution in [-0.2, 0) is 20.0 Å². The van der Waals surface area contributed by atoms with Crippen LogP contribution in [0.15, 0.2) is 67.0 Å². The number of nitrogens with zero attached hydrogens (tertiary/aromatic N) is 2. The Morgan fingerprint density at radius 1 is 1.04 bits per heavy atom. The fraction of sp³-hybridized carbons (Fsp3) is 0.136. The quantitative estimate of drug-likeness (QED) is 0.552. The third-order valence-electron chi connectivity index (χ3n) is 5.31. The average molecular weight is 341 g/mol. The highest BCUT2D eigenvalue weighted by Gasteiger charge is 2.26. The molecule has 26 heavy (non-hydrogen) atoms. The zero-order valence-corrected chi connectivity index (χ0v) is 14.6. The molecule has 1 amide bonds. The van der Waals surface area contributed by atoms with Crippen molar-refractivity contribution in [2.75, 3.05) is 4.90 Å². The van der Waals surface area contributed by atoms with Crippen LogP contribution in [0.2, 0.25) is 0 Å². The van der Waals surface area contributed by atoms with Crippen molar-refractivity contribution in [2.45, 2.75) is 13.0 Å². The van der Waals surface area contributed by atoms with Crippen LogP contribution in [0.25, 0.3) is 10.9 Å². The lowest BCUT2D eigenvalue weighted by Crippen LogP contribution is -2.30. The van der Waals surface area contributed by atoms with Crippen LogP contribution in [0.1, 0.15) is 27.2 Å². The summed E-state index contributed by atoms with van der Waals surface area (Å²) in [6.45, 7) is 0.594. The molecule has 2 aromatic carbocycles. The van der Waals surface area contributed by atoms with E-state index in [1.165, 1.54) is 16.8 Å². The Morgan fingerprint density at radius 2 is 1.92 bits per heavy atom. The molecule has 2 aromatic heterocycles. The van der Waals surface area contributed by atoms with E-state index in [0.717, 1.165) is 23.0 Å². The number of nitrogens with one attached hydrogen (secondary N) is 1. The molecule has 5 rings (SSSR count). The minimum atomic E-state index is 0.0391. The predicted octanol–water partition coefficient (Wildman–Crippen LogP) is 4.26. The van der Waals surface area contributed by atoms with Crippen molar-refractivity contribution in [3.63, 3.8) is 0 Å². The number of anilines is 1. The molecule has 4 heteroatoms. The molecule has 1 aliphatic heterocycles. The maximum Gasteiger partial charge on any atom is 0.258 e. The number of hydrogen-bond donors (Lipinski definition) is 1. The standard InChI is InChI=1S/C22H19N3O/c1-24-11-9-18-14-25(20-5-3-2-4-16(20)13-21(18)24)22(26)17-6-7-19-15(12-17)8-10-23-19/h2-12,23H,13-14H2,1H3. The van der Waals surface area contributed by atoms with Gasteiger partial charge in [-0.15, -0.1) is 0 Å². The van der Waals surface area contributed by atoms with E-state index in [-0.39, 0.29) is 5.91 Å². The molecule has 0 atom stereocenters. The first-order valence-electron chi connectivity index (χ1n) is 8.81. The molecule has 0 aliphatic carbocycles. The number of hydrogen-bond acceptors (Lipinski definition) is 1. The topological polar surface area (TPSA) is 41.0 Å². The fourth-order valence-electron chi connectivity index (χ4n) is 3.88. The number of carbonyl (C=O) groups excluding carboxylic acids is 1. The van der Waals surface area contributed by atoms with Crippen molar-refractivity contribution in [1.82, 2.24) is 9.55 Å². The van der Waals surface area contributed by atoms with Crippen molar-refractivity contribution in [2.24, 2.45) is 7.05 Å². The molecule has 0 saturated carbocycles. The van der Waals surface area contributed by atoms with Gasteiger partial charge in [0.2, 0.25) is 0 Å². The highest BCUT2D eigenvalue weighted by molar-refractivity contribution is 6.08. The highest BCUT2D eigenvalue weighted by Crippen LogP contribution is 2.32. The van der Waals surface area contributed by atoms with Gasteiger partial charge in [0.15, 0.2) is 0 Å². The van der Waals surface area contributed by atoms with E-state index in [4.69, 9.17) is 0 Å². The zero-order valence-electron chi connectivity index (χ0n) is 14.6. The monoisotopic (exact) mass is 341 g/mol. The number of H-pyrrole nitrogens is 1. The lowest BCUT2D eigenvalue weighted by Gasteiger charge is -2.23. The zero-order chi connectivity index (χ0) is 17.7. The molecule has 4 aromatic rings. The van der Waals surface area contributed by atoms with E-state index in [0.29, 0.717) is 12.1 Å². The van der Waals surface area contributed by atoms with Gasteiger partial charge in [0.25, 0.3) is 5.91 Å². The highest BCUT2D eigenvalue weighted by atomic mass is 16.2. The summed E-state index contributed by atoms with van der Waals surface area (Å²) >= 11 is 0. The second kappa shape index (κ2) is 5.63. The van der Waals surface area contributed by atoms with Gasteiger partial charge in [-0.05, 0) is 47.5 Å².